The van der Waals surface area contributed by atoms with Crippen molar-refractivity contribution in [1.29, 1.82) is 0 Å². The van der Waals surface area contributed by atoms with Crippen molar-refractivity contribution in [3.63, 3.8) is 0 Å². The highest BCUT2D eigenvalue weighted by Crippen LogP contribution is 2.32. The van der Waals surface area contributed by atoms with E-state index in [9.17, 15) is 13.2 Å². The van der Waals surface area contributed by atoms with E-state index in [1.54, 1.807) is 19.9 Å². The molecule has 2 N–H and O–H groups in total. The molecule has 1 aliphatic rings. The van der Waals surface area contributed by atoms with Gasteiger partial charge in [0, 0.05) is 23.4 Å². The summed E-state index contributed by atoms with van der Waals surface area (Å²) in [7, 11) is -3.99. The Kier molecular flexibility index (Phi) is 6.86. The van der Waals surface area contributed by atoms with Gasteiger partial charge in [-0.05, 0) is 38.0 Å². The number of benzene rings is 2. The lowest BCUT2D eigenvalue weighted by Crippen LogP contribution is -2.50. The predicted octanol–water partition coefficient (Wildman–Crippen LogP) is 4.08. The zero-order valence-corrected chi connectivity index (χ0v) is 20.6. The second-order valence-electron chi connectivity index (χ2n) is 8.82. The largest absolute Gasteiger partial charge is 0.490 e. The topological polar surface area (TPSA) is 107 Å². The predicted molar refractivity (Wildman–Crippen MR) is 129 cm³/mol. The first-order chi connectivity index (χ1) is 16.2. The van der Waals surface area contributed by atoms with E-state index in [4.69, 9.17) is 13.9 Å². The van der Waals surface area contributed by atoms with Crippen molar-refractivity contribution < 1.29 is 27.1 Å². The molecular weight excluding hydrogens is 456 g/mol. The normalized spacial score (nSPS) is 15.7. The lowest BCUT2D eigenvalue weighted by Gasteiger charge is -2.24. The Morgan fingerprint density at radius 2 is 1.71 bits per heavy atom. The molecule has 0 spiro atoms. The third kappa shape index (κ3) is 4.90. The van der Waals surface area contributed by atoms with Crippen molar-refractivity contribution in [3.8, 4) is 11.5 Å². The lowest BCUT2D eigenvalue weighted by molar-refractivity contribution is -0.124. The van der Waals surface area contributed by atoms with Crippen molar-refractivity contribution in [2.24, 2.45) is 5.92 Å². The van der Waals surface area contributed by atoms with Crippen molar-refractivity contribution in [2.45, 2.75) is 51.1 Å². The summed E-state index contributed by atoms with van der Waals surface area (Å²) in [6.07, 6.45) is 0.716. The van der Waals surface area contributed by atoms with Crippen LogP contribution in [0.1, 0.15) is 44.6 Å². The molecule has 1 aromatic heterocycles. The summed E-state index contributed by atoms with van der Waals surface area (Å²) >= 11 is 0. The number of carbonyl (C=O) groups is 1. The molecule has 0 aliphatic carbocycles. The summed E-state index contributed by atoms with van der Waals surface area (Å²) < 4.78 is 46.0. The van der Waals surface area contributed by atoms with Gasteiger partial charge in [0.1, 0.15) is 17.4 Å². The molecule has 0 radical (unpaired) electrons. The number of hydrogen-bond donors (Lipinski definition) is 2. The third-order valence-corrected chi connectivity index (χ3v) is 7.33. The average molecular weight is 487 g/mol. The minimum atomic E-state index is -3.99. The van der Waals surface area contributed by atoms with Gasteiger partial charge >= 0.3 is 0 Å². The maximum absolute atomic E-state index is 13.2. The number of sulfonamides is 1. The van der Waals surface area contributed by atoms with E-state index in [0.717, 1.165) is 16.5 Å². The second kappa shape index (κ2) is 9.68. The number of para-hydroxylation sites is 1. The molecule has 0 saturated heterocycles. The highest BCUT2D eigenvalue weighted by Gasteiger charge is 2.31. The van der Waals surface area contributed by atoms with Crippen LogP contribution in [0.4, 0.5) is 0 Å². The van der Waals surface area contributed by atoms with Crippen LogP contribution in [0, 0.1) is 12.8 Å². The van der Waals surface area contributed by atoms with E-state index in [-0.39, 0.29) is 10.8 Å². The molecule has 182 valence electrons. The SMILES string of the molecule is Cc1c(C(C)NC(=O)C(NS(=O)(=O)c2ccc3c(c2)OCCCO3)C(C)C)oc2ccccc12. The molecule has 4 rings (SSSR count). The first-order valence-electron chi connectivity index (χ1n) is 11.4. The van der Waals surface area contributed by atoms with Crippen LogP contribution in [0.15, 0.2) is 51.8 Å². The van der Waals surface area contributed by atoms with Gasteiger partial charge < -0.3 is 19.2 Å². The van der Waals surface area contributed by atoms with Crippen LogP contribution in [0.3, 0.4) is 0 Å². The number of nitrogens with one attached hydrogen (secondary N) is 2. The van der Waals surface area contributed by atoms with Crippen LogP contribution >= 0.6 is 0 Å². The highest BCUT2D eigenvalue weighted by atomic mass is 32.2. The minimum absolute atomic E-state index is 0.0105. The standard InChI is InChI=1S/C25H30N2O6S/c1-15(2)23(25(28)26-17(4)24-16(3)19-8-5-6-9-20(19)33-24)27-34(29,30)18-10-11-21-22(14-18)32-13-7-12-31-21/h5-6,8-11,14-15,17,23,27H,7,12-13H2,1-4H3,(H,26,28). The fourth-order valence-corrected chi connectivity index (χ4v) is 5.37. The molecule has 1 aliphatic heterocycles. The Morgan fingerprint density at radius 1 is 1.00 bits per heavy atom. The monoisotopic (exact) mass is 486 g/mol. The quantitative estimate of drug-likeness (QED) is 0.521. The van der Waals surface area contributed by atoms with Crippen LogP contribution in [-0.2, 0) is 14.8 Å². The summed E-state index contributed by atoms with van der Waals surface area (Å²) in [5.74, 6) is 0.798. The van der Waals surface area contributed by atoms with Gasteiger partial charge in [0.2, 0.25) is 15.9 Å². The summed E-state index contributed by atoms with van der Waals surface area (Å²) in [5, 5.41) is 3.89. The van der Waals surface area contributed by atoms with Crippen LogP contribution in [0.5, 0.6) is 11.5 Å². The zero-order valence-electron chi connectivity index (χ0n) is 19.8. The van der Waals surface area contributed by atoms with Crippen molar-refractivity contribution in [3.05, 3.63) is 53.8 Å². The van der Waals surface area contributed by atoms with Gasteiger partial charge in [-0.25, -0.2) is 8.42 Å². The Morgan fingerprint density at radius 3 is 2.41 bits per heavy atom. The number of carbonyl (C=O) groups excluding carboxylic acids is 1. The number of hydrogen-bond acceptors (Lipinski definition) is 6. The first-order valence-corrected chi connectivity index (χ1v) is 12.9. The minimum Gasteiger partial charge on any atom is -0.490 e. The van der Waals surface area contributed by atoms with E-state index in [0.29, 0.717) is 36.9 Å². The van der Waals surface area contributed by atoms with Crippen LogP contribution < -0.4 is 19.5 Å². The summed E-state index contributed by atoms with van der Waals surface area (Å²) in [5.41, 5.74) is 1.68. The van der Waals surface area contributed by atoms with E-state index < -0.39 is 28.0 Å². The Bertz CT molecular complexity index is 1300. The molecule has 34 heavy (non-hydrogen) atoms. The molecule has 2 aromatic carbocycles. The smallest absolute Gasteiger partial charge is 0.241 e. The number of furan rings is 1. The Balaban J connectivity index is 1.52. The van der Waals surface area contributed by atoms with Crippen LogP contribution in [-0.4, -0.2) is 33.6 Å². The highest BCUT2D eigenvalue weighted by molar-refractivity contribution is 7.89. The first kappa shape index (κ1) is 24.1. The Labute approximate surface area is 199 Å². The molecule has 1 amide bonds. The molecule has 2 atom stereocenters. The molecule has 0 bridgehead atoms. The number of ether oxygens (including phenoxy) is 2. The van der Waals surface area contributed by atoms with E-state index in [2.05, 4.69) is 10.0 Å². The average Bonchev–Trinajstić information content (AvgIpc) is 2.97. The van der Waals surface area contributed by atoms with Gasteiger partial charge in [0.05, 0.1) is 24.2 Å². The van der Waals surface area contributed by atoms with Crippen molar-refractivity contribution in [1.82, 2.24) is 10.0 Å². The number of amides is 1. The van der Waals surface area contributed by atoms with Gasteiger partial charge in [-0.3, -0.25) is 4.79 Å². The zero-order chi connectivity index (χ0) is 24.5. The van der Waals surface area contributed by atoms with Crippen molar-refractivity contribution >= 4 is 26.9 Å². The van der Waals surface area contributed by atoms with Gasteiger partial charge in [0.15, 0.2) is 11.5 Å². The molecular formula is C25H30N2O6S. The van der Waals surface area contributed by atoms with Gasteiger partial charge in [-0.2, -0.15) is 4.72 Å². The number of rotatable bonds is 7. The lowest BCUT2D eigenvalue weighted by atomic mass is 10.0. The molecule has 0 fully saturated rings. The molecule has 8 nitrogen and oxygen atoms in total. The molecule has 3 aromatic rings. The molecule has 2 heterocycles. The van der Waals surface area contributed by atoms with Gasteiger partial charge in [-0.1, -0.05) is 32.0 Å². The van der Waals surface area contributed by atoms with Crippen LogP contribution in [0.25, 0.3) is 11.0 Å². The summed E-state index contributed by atoms with van der Waals surface area (Å²) in [4.78, 5) is 13.2. The van der Waals surface area contributed by atoms with Crippen molar-refractivity contribution in [2.75, 3.05) is 13.2 Å². The van der Waals surface area contributed by atoms with Gasteiger partial charge in [0.25, 0.3) is 0 Å². The number of aryl methyl sites for hydroxylation is 1. The Hall–Kier alpha value is -3.04. The fraction of sp³-hybridized carbons (Fsp3) is 0.400. The van der Waals surface area contributed by atoms with Gasteiger partial charge in [-0.15, -0.1) is 0 Å². The fourth-order valence-electron chi connectivity index (χ4n) is 4.01. The molecule has 9 heteroatoms. The number of fused-ring (bicyclic) bond motifs is 2. The summed E-state index contributed by atoms with van der Waals surface area (Å²) in [6.45, 7) is 8.29. The van der Waals surface area contributed by atoms with E-state index in [1.807, 2.05) is 38.1 Å². The maximum Gasteiger partial charge on any atom is 0.241 e. The maximum atomic E-state index is 13.2. The van der Waals surface area contributed by atoms with E-state index in [1.165, 1.54) is 12.1 Å². The molecule has 0 saturated carbocycles. The molecule has 2 unspecified atom stereocenters. The second-order valence-corrected chi connectivity index (χ2v) is 10.5. The summed E-state index contributed by atoms with van der Waals surface area (Å²) in [6, 6.07) is 10.7. The van der Waals surface area contributed by atoms with Crippen LogP contribution in [0.2, 0.25) is 0 Å². The third-order valence-electron chi connectivity index (χ3n) is 5.89. The van der Waals surface area contributed by atoms with E-state index >= 15 is 0 Å².